The van der Waals surface area contributed by atoms with Crippen molar-refractivity contribution in [3.8, 4) is 0 Å². The number of hydrogen-bond acceptors (Lipinski definition) is 7. The lowest BCUT2D eigenvalue weighted by molar-refractivity contribution is -0.387. The Morgan fingerprint density at radius 3 is 2.57 bits per heavy atom. The van der Waals surface area contributed by atoms with E-state index >= 15 is 0 Å². The molecule has 0 radical (unpaired) electrons. The van der Waals surface area contributed by atoms with Crippen molar-refractivity contribution in [2.24, 2.45) is 0 Å². The highest BCUT2D eigenvalue weighted by Gasteiger charge is 2.35. The predicted octanol–water partition coefficient (Wildman–Crippen LogP) is 2.25. The molecule has 1 N–H and O–H groups in total. The Hall–Kier alpha value is -2.37. The van der Waals surface area contributed by atoms with Crippen LogP contribution in [0.2, 0.25) is 0 Å². The maximum Gasteiger partial charge on any atom is 0.289 e. The van der Waals surface area contributed by atoms with Gasteiger partial charge in [0.1, 0.15) is 4.88 Å². The Labute approximate surface area is 166 Å². The second-order valence-electron chi connectivity index (χ2n) is 6.60. The zero-order valence-electron chi connectivity index (χ0n) is 15.4. The lowest BCUT2D eigenvalue weighted by atomic mass is 10.1. The van der Waals surface area contributed by atoms with Crippen LogP contribution in [0, 0.1) is 24.0 Å². The number of amides is 1. The third-order valence-electron chi connectivity index (χ3n) is 4.73. The van der Waals surface area contributed by atoms with E-state index in [2.05, 4.69) is 10.3 Å². The summed E-state index contributed by atoms with van der Waals surface area (Å²) in [7, 11) is -4.00. The number of carbonyl (C=O) groups is 1. The molecule has 1 amide bonds. The number of aromatic nitrogens is 1. The highest BCUT2D eigenvalue weighted by atomic mass is 32.2. The summed E-state index contributed by atoms with van der Waals surface area (Å²) in [5, 5.41) is 14.2. The van der Waals surface area contributed by atoms with Gasteiger partial charge in [0.25, 0.3) is 11.6 Å². The van der Waals surface area contributed by atoms with Crippen LogP contribution in [-0.4, -0.2) is 47.7 Å². The van der Waals surface area contributed by atoms with Crippen LogP contribution in [0.1, 0.15) is 33.8 Å². The van der Waals surface area contributed by atoms with Crippen molar-refractivity contribution in [3.63, 3.8) is 0 Å². The fraction of sp³-hybridized carbons (Fsp3) is 0.412. The molecule has 0 spiro atoms. The highest BCUT2D eigenvalue weighted by molar-refractivity contribution is 7.89. The molecule has 0 unspecified atom stereocenters. The lowest BCUT2D eigenvalue weighted by Gasteiger charge is -2.31. The van der Waals surface area contributed by atoms with Gasteiger partial charge in [-0.05, 0) is 32.3 Å². The van der Waals surface area contributed by atoms with Crippen LogP contribution in [0.15, 0.2) is 28.6 Å². The molecule has 1 fully saturated rings. The van der Waals surface area contributed by atoms with E-state index < -0.39 is 20.6 Å². The molecule has 0 bridgehead atoms. The molecule has 3 rings (SSSR count). The second kappa shape index (κ2) is 7.94. The van der Waals surface area contributed by atoms with Crippen LogP contribution in [0.3, 0.4) is 0 Å². The molecule has 0 atom stereocenters. The molecular weight excluding hydrogens is 404 g/mol. The number of piperidine rings is 1. The van der Waals surface area contributed by atoms with Gasteiger partial charge in [0.05, 0.1) is 16.1 Å². The molecule has 2 aromatic rings. The molecule has 150 valence electrons. The average Bonchev–Trinajstić information content (AvgIpc) is 3.07. The number of thiazole rings is 1. The van der Waals surface area contributed by atoms with Gasteiger partial charge in [-0.3, -0.25) is 14.9 Å². The van der Waals surface area contributed by atoms with Gasteiger partial charge < -0.3 is 5.32 Å². The molecule has 28 heavy (non-hydrogen) atoms. The van der Waals surface area contributed by atoms with Crippen molar-refractivity contribution in [1.82, 2.24) is 14.6 Å². The van der Waals surface area contributed by atoms with Gasteiger partial charge in [-0.2, -0.15) is 4.31 Å². The average molecular weight is 425 g/mol. The molecule has 2 heterocycles. The van der Waals surface area contributed by atoms with Crippen LogP contribution in [0.4, 0.5) is 5.69 Å². The number of nitro benzene ring substituents is 1. The van der Waals surface area contributed by atoms with Crippen molar-refractivity contribution in [2.75, 3.05) is 13.1 Å². The summed E-state index contributed by atoms with van der Waals surface area (Å²) in [5.41, 5.74) is 2.19. The van der Waals surface area contributed by atoms with Crippen molar-refractivity contribution in [3.05, 3.63) is 50.0 Å². The van der Waals surface area contributed by atoms with E-state index in [0.717, 1.165) is 0 Å². The maximum atomic E-state index is 13.0. The first kappa shape index (κ1) is 20.4. The summed E-state index contributed by atoms with van der Waals surface area (Å²) in [5.74, 6) is -0.212. The van der Waals surface area contributed by atoms with E-state index in [-0.39, 0.29) is 29.9 Å². The van der Waals surface area contributed by atoms with Gasteiger partial charge in [-0.15, -0.1) is 11.3 Å². The van der Waals surface area contributed by atoms with Gasteiger partial charge in [0, 0.05) is 25.2 Å². The Kier molecular flexibility index (Phi) is 5.77. The predicted molar refractivity (Wildman–Crippen MR) is 104 cm³/mol. The number of aryl methyl sites for hydroxylation is 2. The standard InChI is InChI=1S/C17H20N4O5S2/c1-11-4-3-5-14(21(23)24)16(11)28(25,26)20-8-6-13(7-9-20)19-17(22)15-12(2)18-10-27-15/h3-5,10,13H,6-9H2,1-2H3,(H,19,22). The molecule has 1 aliphatic rings. The van der Waals surface area contributed by atoms with E-state index in [4.69, 9.17) is 0 Å². The van der Waals surface area contributed by atoms with Crippen LogP contribution in [0.5, 0.6) is 0 Å². The van der Waals surface area contributed by atoms with E-state index in [1.165, 1.54) is 27.8 Å². The number of nitrogens with one attached hydrogen (secondary N) is 1. The monoisotopic (exact) mass is 424 g/mol. The molecule has 1 aromatic heterocycles. The Morgan fingerprint density at radius 1 is 1.32 bits per heavy atom. The Morgan fingerprint density at radius 2 is 2.00 bits per heavy atom. The first-order valence-corrected chi connectivity index (χ1v) is 11.0. The topological polar surface area (TPSA) is 123 Å². The van der Waals surface area contributed by atoms with Crippen LogP contribution < -0.4 is 5.32 Å². The van der Waals surface area contributed by atoms with Gasteiger partial charge in [-0.1, -0.05) is 12.1 Å². The number of rotatable bonds is 5. The first-order chi connectivity index (χ1) is 13.2. The quantitative estimate of drug-likeness (QED) is 0.580. The van der Waals surface area contributed by atoms with E-state index in [1.807, 2.05) is 0 Å². The number of sulfonamides is 1. The summed E-state index contributed by atoms with van der Waals surface area (Å²) >= 11 is 1.26. The Bertz CT molecular complexity index is 1010. The van der Waals surface area contributed by atoms with Crippen molar-refractivity contribution in [1.29, 1.82) is 0 Å². The molecule has 0 saturated carbocycles. The van der Waals surface area contributed by atoms with Crippen molar-refractivity contribution < 1.29 is 18.1 Å². The van der Waals surface area contributed by atoms with Gasteiger partial charge in [0.15, 0.2) is 4.90 Å². The molecule has 1 saturated heterocycles. The molecule has 9 nitrogen and oxygen atoms in total. The van der Waals surface area contributed by atoms with E-state index in [0.29, 0.717) is 29.0 Å². The largest absolute Gasteiger partial charge is 0.348 e. The first-order valence-electron chi connectivity index (χ1n) is 8.67. The molecule has 0 aliphatic carbocycles. The molecule has 1 aromatic carbocycles. The summed E-state index contributed by atoms with van der Waals surface area (Å²) < 4.78 is 27.3. The minimum Gasteiger partial charge on any atom is -0.348 e. The fourth-order valence-corrected chi connectivity index (χ4v) is 5.79. The summed E-state index contributed by atoms with van der Waals surface area (Å²) in [6.45, 7) is 3.67. The Balaban J connectivity index is 1.72. The van der Waals surface area contributed by atoms with Crippen molar-refractivity contribution >= 4 is 33.0 Å². The number of carbonyl (C=O) groups excluding carboxylic acids is 1. The number of nitrogens with zero attached hydrogens (tertiary/aromatic N) is 3. The molecule has 1 aliphatic heterocycles. The maximum absolute atomic E-state index is 13.0. The van der Waals surface area contributed by atoms with Crippen LogP contribution in [0.25, 0.3) is 0 Å². The third-order valence-corrected chi connectivity index (χ3v) is 7.75. The normalized spacial score (nSPS) is 16.1. The van der Waals surface area contributed by atoms with E-state index in [9.17, 15) is 23.3 Å². The number of nitro groups is 1. The summed E-state index contributed by atoms with van der Waals surface area (Å²) in [6, 6.07) is 4.05. The van der Waals surface area contributed by atoms with Gasteiger partial charge >= 0.3 is 0 Å². The number of benzene rings is 1. The highest BCUT2D eigenvalue weighted by Crippen LogP contribution is 2.31. The number of hydrogen-bond donors (Lipinski definition) is 1. The SMILES string of the molecule is Cc1cccc([N+](=O)[O-])c1S(=O)(=O)N1CCC(NC(=O)c2scnc2C)CC1. The van der Waals surface area contributed by atoms with E-state index in [1.54, 1.807) is 25.4 Å². The fourth-order valence-electron chi connectivity index (χ4n) is 3.26. The van der Waals surface area contributed by atoms with Crippen LogP contribution >= 0.6 is 11.3 Å². The zero-order chi connectivity index (χ0) is 20.5. The van der Waals surface area contributed by atoms with Crippen LogP contribution in [-0.2, 0) is 10.0 Å². The van der Waals surface area contributed by atoms with Gasteiger partial charge in [0.2, 0.25) is 10.0 Å². The smallest absolute Gasteiger partial charge is 0.289 e. The van der Waals surface area contributed by atoms with Gasteiger partial charge in [-0.25, -0.2) is 13.4 Å². The third kappa shape index (κ3) is 3.91. The summed E-state index contributed by atoms with van der Waals surface area (Å²) in [6.07, 6.45) is 0.866. The van der Waals surface area contributed by atoms with Crippen molar-refractivity contribution in [2.45, 2.75) is 37.6 Å². The molecular formula is C17H20N4O5S2. The minimum atomic E-state index is -4.00. The lowest BCUT2D eigenvalue weighted by Crippen LogP contribution is -2.46. The summed E-state index contributed by atoms with van der Waals surface area (Å²) in [4.78, 5) is 27.3. The minimum absolute atomic E-state index is 0.160. The molecule has 11 heteroatoms. The zero-order valence-corrected chi connectivity index (χ0v) is 17.0. The second-order valence-corrected chi connectivity index (χ2v) is 9.33.